The van der Waals surface area contributed by atoms with Crippen LogP contribution in [-0.2, 0) is 14.3 Å². The third kappa shape index (κ3) is 4.68. The van der Waals surface area contributed by atoms with Gasteiger partial charge in [0.2, 0.25) is 0 Å². The number of carboxylic acid groups (broad SMARTS) is 1. The molecular formula is C20H18O4. The first kappa shape index (κ1) is 17.2. The zero-order valence-corrected chi connectivity index (χ0v) is 13.3. The van der Waals surface area contributed by atoms with Gasteiger partial charge in [0.25, 0.3) is 0 Å². The van der Waals surface area contributed by atoms with Gasteiger partial charge < -0.3 is 9.84 Å². The van der Waals surface area contributed by atoms with Gasteiger partial charge in [0.05, 0.1) is 19.1 Å². The number of methoxy groups -OCH3 is 1. The van der Waals surface area contributed by atoms with E-state index >= 15 is 0 Å². The topological polar surface area (TPSA) is 63.6 Å². The number of ether oxygens (including phenoxy) is 1. The average Bonchev–Trinajstić information content (AvgIpc) is 2.61. The normalized spacial score (nSPS) is 11.9. The van der Waals surface area contributed by atoms with Gasteiger partial charge in [-0.15, -0.1) is 0 Å². The van der Waals surface area contributed by atoms with Gasteiger partial charge in [-0.05, 0) is 16.7 Å². The summed E-state index contributed by atoms with van der Waals surface area (Å²) in [6.07, 6.45) is 3.18. The summed E-state index contributed by atoms with van der Waals surface area (Å²) in [5.41, 5.74) is 2.36. The Balaban J connectivity index is 2.55. The Labute approximate surface area is 140 Å². The van der Waals surface area contributed by atoms with Crippen molar-refractivity contribution in [2.75, 3.05) is 7.11 Å². The van der Waals surface area contributed by atoms with Gasteiger partial charge in [0.1, 0.15) is 0 Å². The third-order valence-electron chi connectivity index (χ3n) is 3.41. The molecule has 0 spiro atoms. The molecule has 2 aromatic rings. The molecule has 0 amide bonds. The summed E-state index contributed by atoms with van der Waals surface area (Å²) in [6.45, 7) is 0. The lowest BCUT2D eigenvalue weighted by Crippen LogP contribution is -2.11. The minimum atomic E-state index is -1.09. The quantitative estimate of drug-likeness (QED) is 0.499. The van der Waals surface area contributed by atoms with Crippen LogP contribution in [0, 0.1) is 0 Å². The molecule has 0 aliphatic heterocycles. The van der Waals surface area contributed by atoms with Gasteiger partial charge in [-0.1, -0.05) is 72.8 Å². The fraction of sp³-hybridized carbons (Fsp3) is 0.100. The Kier molecular flexibility index (Phi) is 6.08. The molecular weight excluding hydrogens is 304 g/mol. The number of rotatable bonds is 6. The summed E-state index contributed by atoms with van der Waals surface area (Å²) in [4.78, 5) is 23.3. The lowest BCUT2D eigenvalue weighted by atomic mass is 9.96. The van der Waals surface area contributed by atoms with E-state index in [0.717, 1.165) is 11.1 Å². The Morgan fingerprint density at radius 2 is 1.58 bits per heavy atom. The fourth-order valence-electron chi connectivity index (χ4n) is 2.28. The number of carbonyl (C=O) groups excluding carboxylic acids is 1. The fourth-order valence-corrected chi connectivity index (χ4v) is 2.28. The zero-order chi connectivity index (χ0) is 17.4. The molecule has 0 saturated heterocycles. The van der Waals surface area contributed by atoms with Gasteiger partial charge in [-0.2, -0.15) is 0 Å². The van der Waals surface area contributed by atoms with Crippen LogP contribution in [-0.4, -0.2) is 24.2 Å². The predicted octanol–water partition coefficient (Wildman–Crippen LogP) is 3.80. The lowest BCUT2D eigenvalue weighted by molar-refractivity contribution is -0.141. The van der Waals surface area contributed by atoms with Crippen LogP contribution in [0.4, 0.5) is 0 Å². The van der Waals surface area contributed by atoms with Crippen LogP contribution in [0.25, 0.3) is 11.6 Å². The first-order valence-corrected chi connectivity index (χ1v) is 7.43. The summed E-state index contributed by atoms with van der Waals surface area (Å²) in [5, 5.41) is 9.14. The lowest BCUT2D eigenvalue weighted by Gasteiger charge is -2.10. The van der Waals surface area contributed by atoms with Crippen molar-refractivity contribution in [2.45, 2.75) is 6.42 Å². The van der Waals surface area contributed by atoms with E-state index in [1.165, 1.54) is 7.11 Å². The smallest absolute Gasteiger partial charge is 0.334 e. The molecule has 0 atom stereocenters. The maximum absolute atomic E-state index is 12.1. The molecule has 0 bridgehead atoms. The molecule has 0 heterocycles. The van der Waals surface area contributed by atoms with Crippen LogP contribution in [0.5, 0.6) is 0 Å². The van der Waals surface area contributed by atoms with Crippen molar-refractivity contribution in [3.8, 4) is 0 Å². The van der Waals surface area contributed by atoms with Crippen LogP contribution in [0.2, 0.25) is 0 Å². The van der Waals surface area contributed by atoms with Crippen LogP contribution in [0.1, 0.15) is 17.5 Å². The Morgan fingerprint density at radius 1 is 1.00 bits per heavy atom. The Bertz CT molecular complexity index is 759. The minimum Gasteiger partial charge on any atom is -0.481 e. The SMILES string of the molecule is COC(=O)/C(CC(=O)O)=C(\C=C\c1ccccc1)c1ccccc1. The number of aliphatic carboxylic acids is 1. The molecule has 24 heavy (non-hydrogen) atoms. The summed E-state index contributed by atoms with van der Waals surface area (Å²) in [6, 6.07) is 18.8. The van der Waals surface area contributed by atoms with Gasteiger partial charge in [-0.25, -0.2) is 4.79 Å². The molecule has 0 fully saturated rings. The Morgan fingerprint density at radius 3 is 2.12 bits per heavy atom. The average molecular weight is 322 g/mol. The summed E-state index contributed by atoms with van der Waals surface area (Å²) < 4.78 is 4.77. The van der Waals surface area contributed by atoms with Crippen molar-refractivity contribution in [1.82, 2.24) is 0 Å². The number of esters is 1. The molecule has 1 N–H and O–H groups in total. The Hall–Kier alpha value is -3.14. The molecule has 0 saturated carbocycles. The molecule has 4 nitrogen and oxygen atoms in total. The highest BCUT2D eigenvalue weighted by Crippen LogP contribution is 2.24. The van der Waals surface area contributed by atoms with E-state index in [-0.39, 0.29) is 5.57 Å². The zero-order valence-electron chi connectivity index (χ0n) is 13.3. The van der Waals surface area contributed by atoms with Gasteiger partial charge in [-0.3, -0.25) is 4.79 Å². The first-order valence-electron chi connectivity index (χ1n) is 7.43. The monoisotopic (exact) mass is 322 g/mol. The first-order chi connectivity index (χ1) is 11.6. The van der Waals surface area contributed by atoms with E-state index in [1.54, 1.807) is 6.08 Å². The number of allylic oxidation sites excluding steroid dienone is 2. The van der Waals surface area contributed by atoms with Crippen LogP contribution in [0.15, 0.2) is 72.3 Å². The van der Waals surface area contributed by atoms with Gasteiger partial charge in [0.15, 0.2) is 0 Å². The molecule has 0 radical (unpaired) electrons. The predicted molar refractivity (Wildman–Crippen MR) is 93.1 cm³/mol. The van der Waals surface area contributed by atoms with Gasteiger partial charge >= 0.3 is 11.9 Å². The molecule has 2 aromatic carbocycles. The highest BCUT2D eigenvalue weighted by Gasteiger charge is 2.19. The summed E-state index contributed by atoms with van der Waals surface area (Å²) in [7, 11) is 1.24. The number of carboxylic acids is 1. The molecule has 122 valence electrons. The van der Waals surface area contributed by atoms with E-state index in [9.17, 15) is 9.59 Å². The highest BCUT2D eigenvalue weighted by atomic mass is 16.5. The second-order valence-electron chi connectivity index (χ2n) is 5.06. The second kappa shape index (κ2) is 8.48. The van der Waals surface area contributed by atoms with Crippen LogP contribution in [0.3, 0.4) is 0 Å². The molecule has 0 aliphatic rings. The number of hydrogen-bond acceptors (Lipinski definition) is 3. The number of benzene rings is 2. The summed E-state index contributed by atoms with van der Waals surface area (Å²) >= 11 is 0. The number of hydrogen-bond donors (Lipinski definition) is 1. The van der Waals surface area contributed by atoms with Gasteiger partial charge in [0, 0.05) is 0 Å². The van der Waals surface area contributed by atoms with Crippen LogP contribution >= 0.6 is 0 Å². The van der Waals surface area contributed by atoms with E-state index in [4.69, 9.17) is 9.84 Å². The van der Waals surface area contributed by atoms with Crippen molar-refractivity contribution >= 4 is 23.6 Å². The van der Waals surface area contributed by atoms with Crippen molar-refractivity contribution in [1.29, 1.82) is 0 Å². The highest BCUT2D eigenvalue weighted by molar-refractivity contribution is 6.04. The van der Waals surface area contributed by atoms with Crippen molar-refractivity contribution in [2.24, 2.45) is 0 Å². The maximum atomic E-state index is 12.1. The maximum Gasteiger partial charge on any atom is 0.334 e. The molecule has 4 heteroatoms. The number of carbonyl (C=O) groups is 2. The van der Waals surface area contributed by atoms with Crippen molar-refractivity contribution < 1.29 is 19.4 Å². The van der Waals surface area contributed by atoms with Crippen molar-refractivity contribution in [3.63, 3.8) is 0 Å². The molecule has 2 rings (SSSR count). The molecule has 0 aromatic heterocycles. The largest absolute Gasteiger partial charge is 0.481 e. The summed E-state index contributed by atoms with van der Waals surface area (Å²) in [5.74, 6) is -1.73. The standard InChI is InChI=1S/C20H18O4/c1-24-20(23)18(14-19(21)22)17(16-10-6-3-7-11-16)13-12-15-8-4-2-5-9-15/h2-13H,14H2,1H3,(H,21,22)/b13-12+,18-17+. The van der Waals surface area contributed by atoms with Crippen molar-refractivity contribution in [3.05, 3.63) is 83.4 Å². The molecule has 0 aliphatic carbocycles. The van der Waals surface area contributed by atoms with E-state index < -0.39 is 18.4 Å². The molecule has 0 unspecified atom stereocenters. The van der Waals surface area contributed by atoms with E-state index in [1.807, 2.05) is 66.7 Å². The van der Waals surface area contributed by atoms with Crippen LogP contribution < -0.4 is 0 Å². The third-order valence-corrected chi connectivity index (χ3v) is 3.41. The van der Waals surface area contributed by atoms with E-state index in [2.05, 4.69) is 0 Å². The second-order valence-corrected chi connectivity index (χ2v) is 5.06. The van der Waals surface area contributed by atoms with E-state index in [0.29, 0.717) is 5.57 Å². The minimum absolute atomic E-state index is 0.114.